The van der Waals surface area contributed by atoms with Crippen LogP contribution in [-0.2, 0) is 0 Å². The van der Waals surface area contributed by atoms with E-state index in [1.165, 1.54) is 0 Å². The Kier molecular flexibility index (Phi) is 6.94. The zero-order valence-electron chi connectivity index (χ0n) is 7.99. The highest BCUT2D eigenvalue weighted by molar-refractivity contribution is 5.66. The first-order chi connectivity index (χ1) is 5.77. The highest BCUT2D eigenvalue weighted by Gasteiger charge is 1.72. The lowest BCUT2D eigenvalue weighted by Gasteiger charge is -1.79. The first-order valence-corrected chi connectivity index (χ1v) is 3.94. The van der Waals surface area contributed by atoms with Gasteiger partial charge in [-0.05, 0) is 12.3 Å². The molecular formula is C10H17N2+. The van der Waals surface area contributed by atoms with Crippen molar-refractivity contribution in [1.29, 1.82) is 0 Å². The highest BCUT2D eigenvalue weighted by Crippen LogP contribution is 1.76. The average Bonchev–Trinajstić information content (AvgIpc) is 2.02. The predicted molar refractivity (Wildman–Crippen MR) is 54.7 cm³/mol. The van der Waals surface area contributed by atoms with Crippen molar-refractivity contribution in [2.45, 2.75) is 0 Å². The number of allylic oxidation sites excluding steroid dienone is 5. The molecule has 66 valence electrons. The molecule has 0 radical (unpaired) electrons. The van der Waals surface area contributed by atoms with Crippen LogP contribution in [0.25, 0.3) is 0 Å². The van der Waals surface area contributed by atoms with Gasteiger partial charge in [-0.2, -0.15) is 0 Å². The van der Waals surface area contributed by atoms with E-state index in [0.717, 1.165) is 0 Å². The standard InChI is InChI=1S/C10H16N2/c1-11-9-7-5-4-6-8-10-12(2)3/h4-10H,1-3H3/p+1. The van der Waals surface area contributed by atoms with Crippen LogP contribution < -0.4 is 5.32 Å². The molecule has 0 atom stereocenters. The summed E-state index contributed by atoms with van der Waals surface area (Å²) in [7, 11) is 5.86. The highest BCUT2D eigenvalue weighted by atomic mass is 14.9. The summed E-state index contributed by atoms with van der Waals surface area (Å²) < 4.78 is 1.99. The van der Waals surface area contributed by atoms with Crippen LogP contribution in [0.3, 0.4) is 0 Å². The topological polar surface area (TPSA) is 15.0 Å². The third-order valence-electron chi connectivity index (χ3n) is 1.09. The molecule has 0 bridgehead atoms. The Morgan fingerprint density at radius 3 is 2.08 bits per heavy atom. The van der Waals surface area contributed by atoms with Crippen LogP contribution in [0.5, 0.6) is 0 Å². The number of nitrogens with one attached hydrogen (secondary N) is 1. The molecule has 0 aromatic rings. The lowest BCUT2D eigenvalue weighted by atomic mass is 10.4. The van der Waals surface area contributed by atoms with Crippen LogP contribution in [0.15, 0.2) is 36.6 Å². The van der Waals surface area contributed by atoms with Gasteiger partial charge in [0.15, 0.2) is 6.21 Å². The molecule has 0 spiro atoms. The SMILES string of the molecule is CNC=CC=CC=CC=[N+](C)C. The summed E-state index contributed by atoms with van der Waals surface area (Å²) >= 11 is 0. The van der Waals surface area contributed by atoms with Gasteiger partial charge in [-0.25, -0.2) is 4.58 Å². The maximum absolute atomic E-state index is 2.90. The van der Waals surface area contributed by atoms with Crippen molar-refractivity contribution >= 4 is 6.21 Å². The lowest BCUT2D eigenvalue weighted by molar-refractivity contribution is -0.458. The largest absolute Gasteiger partial charge is 0.394 e. The van der Waals surface area contributed by atoms with Crippen molar-refractivity contribution in [2.24, 2.45) is 0 Å². The third-order valence-corrected chi connectivity index (χ3v) is 1.09. The molecule has 0 saturated heterocycles. The average molecular weight is 165 g/mol. The monoisotopic (exact) mass is 165 g/mol. The molecule has 0 aliphatic rings. The van der Waals surface area contributed by atoms with Gasteiger partial charge in [0.1, 0.15) is 14.1 Å². The number of hydrogen-bond acceptors (Lipinski definition) is 1. The second-order valence-corrected chi connectivity index (χ2v) is 2.53. The molecule has 2 heteroatoms. The van der Waals surface area contributed by atoms with Gasteiger partial charge in [0.05, 0.1) is 0 Å². The van der Waals surface area contributed by atoms with Crippen LogP contribution in [0.2, 0.25) is 0 Å². The van der Waals surface area contributed by atoms with E-state index in [1.807, 2.05) is 68.5 Å². The maximum Gasteiger partial charge on any atom is 0.162 e. The fourth-order valence-corrected chi connectivity index (χ4v) is 0.566. The fourth-order valence-electron chi connectivity index (χ4n) is 0.566. The molecule has 0 fully saturated rings. The van der Waals surface area contributed by atoms with E-state index < -0.39 is 0 Å². The Hall–Kier alpha value is -1.31. The van der Waals surface area contributed by atoms with E-state index in [4.69, 9.17) is 0 Å². The van der Waals surface area contributed by atoms with Crippen molar-refractivity contribution in [3.63, 3.8) is 0 Å². The molecular weight excluding hydrogens is 148 g/mol. The molecule has 0 unspecified atom stereocenters. The minimum absolute atomic E-state index is 1.88. The number of rotatable bonds is 4. The van der Waals surface area contributed by atoms with Crippen LogP contribution >= 0.6 is 0 Å². The molecule has 0 saturated carbocycles. The Morgan fingerprint density at radius 1 is 0.917 bits per heavy atom. The van der Waals surface area contributed by atoms with Gasteiger partial charge in [-0.1, -0.05) is 18.2 Å². The quantitative estimate of drug-likeness (QED) is 0.375. The Bertz CT molecular complexity index is 206. The van der Waals surface area contributed by atoms with Gasteiger partial charge in [-0.3, -0.25) is 0 Å². The predicted octanol–water partition coefficient (Wildman–Crippen LogP) is 1.17. The zero-order valence-corrected chi connectivity index (χ0v) is 7.99. The molecule has 1 N–H and O–H groups in total. The van der Waals surface area contributed by atoms with Gasteiger partial charge in [-0.15, -0.1) is 0 Å². The second kappa shape index (κ2) is 7.79. The Labute approximate surface area is 74.6 Å². The summed E-state index contributed by atoms with van der Waals surface area (Å²) in [5.74, 6) is 0. The van der Waals surface area contributed by atoms with Crippen molar-refractivity contribution in [3.8, 4) is 0 Å². The Morgan fingerprint density at radius 2 is 1.50 bits per heavy atom. The van der Waals surface area contributed by atoms with E-state index in [2.05, 4.69) is 5.32 Å². The van der Waals surface area contributed by atoms with E-state index in [9.17, 15) is 0 Å². The number of hydrogen-bond donors (Lipinski definition) is 1. The van der Waals surface area contributed by atoms with Gasteiger partial charge < -0.3 is 5.32 Å². The second-order valence-electron chi connectivity index (χ2n) is 2.53. The molecule has 0 aliphatic heterocycles. The molecule has 12 heavy (non-hydrogen) atoms. The first kappa shape index (κ1) is 10.7. The van der Waals surface area contributed by atoms with E-state index in [1.54, 1.807) is 0 Å². The Balaban J connectivity index is 3.67. The molecule has 0 aromatic carbocycles. The normalized spacial score (nSPS) is 11.6. The minimum atomic E-state index is 1.88. The summed E-state index contributed by atoms with van der Waals surface area (Å²) in [5.41, 5.74) is 0. The fraction of sp³-hybridized carbons (Fsp3) is 0.300. The van der Waals surface area contributed by atoms with E-state index >= 15 is 0 Å². The molecule has 0 amide bonds. The van der Waals surface area contributed by atoms with Crippen molar-refractivity contribution < 1.29 is 4.58 Å². The summed E-state index contributed by atoms with van der Waals surface area (Å²) in [6.07, 6.45) is 13.7. The van der Waals surface area contributed by atoms with Gasteiger partial charge >= 0.3 is 0 Å². The van der Waals surface area contributed by atoms with E-state index in [0.29, 0.717) is 0 Å². The third kappa shape index (κ3) is 8.69. The summed E-state index contributed by atoms with van der Waals surface area (Å²) in [4.78, 5) is 0. The molecule has 0 heterocycles. The van der Waals surface area contributed by atoms with Crippen molar-refractivity contribution in [1.82, 2.24) is 5.32 Å². The molecule has 2 nitrogen and oxygen atoms in total. The van der Waals surface area contributed by atoms with Crippen LogP contribution in [0.1, 0.15) is 0 Å². The smallest absolute Gasteiger partial charge is 0.162 e. The van der Waals surface area contributed by atoms with E-state index in [-0.39, 0.29) is 0 Å². The minimum Gasteiger partial charge on any atom is -0.394 e. The van der Waals surface area contributed by atoms with Gasteiger partial charge in [0.2, 0.25) is 0 Å². The molecule has 0 aliphatic carbocycles. The van der Waals surface area contributed by atoms with Gasteiger partial charge in [0, 0.05) is 13.1 Å². The van der Waals surface area contributed by atoms with Crippen molar-refractivity contribution in [3.05, 3.63) is 36.6 Å². The lowest BCUT2D eigenvalue weighted by Crippen LogP contribution is -1.94. The van der Waals surface area contributed by atoms with Crippen LogP contribution in [-0.4, -0.2) is 31.9 Å². The zero-order chi connectivity index (χ0) is 9.23. The summed E-state index contributed by atoms with van der Waals surface area (Å²) in [5, 5.41) is 2.90. The van der Waals surface area contributed by atoms with Crippen LogP contribution in [0.4, 0.5) is 0 Å². The van der Waals surface area contributed by atoms with Gasteiger partial charge in [0.25, 0.3) is 0 Å². The number of nitrogens with zero attached hydrogens (tertiary/aromatic N) is 1. The summed E-state index contributed by atoms with van der Waals surface area (Å²) in [6.45, 7) is 0. The first-order valence-electron chi connectivity index (χ1n) is 3.94. The molecule has 0 rings (SSSR count). The van der Waals surface area contributed by atoms with Crippen molar-refractivity contribution in [2.75, 3.05) is 21.1 Å². The maximum atomic E-state index is 2.90. The summed E-state index contributed by atoms with van der Waals surface area (Å²) in [6, 6.07) is 0. The van der Waals surface area contributed by atoms with Crippen LogP contribution in [0, 0.1) is 0 Å². The molecule has 0 aromatic heterocycles.